The summed E-state index contributed by atoms with van der Waals surface area (Å²) in [5.41, 5.74) is 2.20. The van der Waals surface area contributed by atoms with E-state index in [0.717, 1.165) is 11.6 Å². The normalized spacial score (nSPS) is 18.2. The molecule has 0 radical (unpaired) electrons. The van der Waals surface area contributed by atoms with E-state index in [1.165, 1.54) is 6.07 Å². The topological polar surface area (TPSA) is 70.7 Å². The molecule has 31 heavy (non-hydrogen) atoms. The minimum atomic E-state index is -0.702. The van der Waals surface area contributed by atoms with Crippen molar-refractivity contribution in [1.29, 1.82) is 0 Å². The van der Waals surface area contributed by atoms with Crippen molar-refractivity contribution in [2.45, 2.75) is 25.8 Å². The second-order valence-corrected chi connectivity index (χ2v) is 7.48. The smallest absolute Gasteiger partial charge is 0.338 e. The first kappa shape index (κ1) is 20.8. The number of carbonyl (C=O) groups is 2. The number of benzene rings is 2. The number of rotatable bonds is 5. The number of hydrogen-bond acceptors (Lipinski definition) is 4. The van der Waals surface area contributed by atoms with E-state index < -0.39 is 29.7 Å². The van der Waals surface area contributed by atoms with Gasteiger partial charge >= 0.3 is 12.0 Å². The molecule has 162 valence electrons. The van der Waals surface area contributed by atoms with Crippen LogP contribution in [0.1, 0.15) is 30.5 Å². The zero-order valence-corrected chi connectivity index (χ0v) is 17.1. The molecule has 0 saturated heterocycles. The molecule has 0 spiro atoms. The number of aryl methyl sites for hydroxylation is 1. The summed E-state index contributed by atoms with van der Waals surface area (Å²) in [5, 5.41) is 5.48. The molecule has 0 unspecified atom stereocenters. The third-order valence-corrected chi connectivity index (χ3v) is 5.43. The zero-order valence-electron chi connectivity index (χ0n) is 17.1. The number of anilines is 1. The highest BCUT2D eigenvalue weighted by atomic mass is 19.1. The number of halogens is 2. The zero-order chi connectivity index (χ0) is 22.0. The Bertz CT molecular complexity index is 1040. The van der Waals surface area contributed by atoms with Crippen molar-refractivity contribution in [1.82, 2.24) is 10.6 Å². The predicted molar refractivity (Wildman–Crippen MR) is 111 cm³/mol. The average Bonchev–Trinajstić information content (AvgIpc) is 2.73. The molecule has 2 N–H and O–H groups in total. The van der Waals surface area contributed by atoms with E-state index in [2.05, 4.69) is 10.6 Å². The molecular weight excluding hydrogens is 404 g/mol. The largest absolute Gasteiger partial charge is 0.463 e. The van der Waals surface area contributed by atoms with Crippen LogP contribution in [0.5, 0.6) is 0 Å². The van der Waals surface area contributed by atoms with E-state index in [1.54, 1.807) is 11.8 Å². The maximum absolute atomic E-state index is 14.6. The Hall–Kier alpha value is -3.42. The van der Waals surface area contributed by atoms with Crippen LogP contribution >= 0.6 is 0 Å². The van der Waals surface area contributed by atoms with Crippen LogP contribution < -0.4 is 15.5 Å². The van der Waals surface area contributed by atoms with E-state index >= 15 is 0 Å². The summed E-state index contributed by atoms with van der Waals surface area (Å²) in [6, 6.07) is 10.1. The SMILES string of the molecule is CCOC(=O)C1=C(CN2CCCc3cc(F)cc(F)c32)NC(=O)N[C@@H]1c1ccccc1. The predicted octanol–water partition coefficient (Wildman–Crippen LogP) is 3.59. The van der Waals surface area contributed by atoms with E-state index in [-0.39, 0.29) is 18.7 Å². The molecule has 0 aliphatic carbocycles. The summed E-state index contributed by atoms with van der Waals surface area (Å²) in [7, 11) is 0. The number of carbonyl (C=O) groups excluding carboxylic acids is 2. The minimum absolute atomic E-state index is 0.0838. The summed E-state index contributed by atoms with van der Waals surface area (Å²) >= 11 is 0. The molecule has 2 amide bonds. The fraction of sp³-hybridized carbons (Fsp3) is 0.304. The van der Waals surface area contributed by atoms with Crippen molar-refractivity contribution < 1.29 is 23.1 Å². The second kappa shape index (κ2) is 8.75. The van der Waals surface area contributed by atoms with Crippen LogP contribution in [0.3, 0.4) is 0 Å². The number of hydrogen-bond donors (Lipinski definition) is 2. The van der Waals surface area contributed by atoms with Gasteiger partial charge in [-0.05, 0) is 37.0 Å². The summed E-state index contributed by atoms with van der Waals surface area (Å²) in [4.78, 5) is 27.0. The van der Waals surface area contributed by atoms with E-state index in [4.69, 9.17) is 4.74 Å². The van der Waals surface area contributed by atoms with Gasteiger partial charge in [0, 0.05) is 12.6 Å². The van der Waals surface area contributed by atoms with Crippen LogP contribution in [0.2, 0.25) is 0 Å². The molecule has 4 rings (SSSR count). The van der Waals surface area contributed by atoms with Gasteiger partial charge in [-0.1, -0.05) is 30.3 Å². The summed E-state index contributed by atoms with van der Waals surface area (Å²) in [6.45, 7) is 2.47. The van der Waals surface area contributed by atoms with Gasteiger partial charge in [0.1, 0.15) is 11.6 Å². The quantitative estimate of drug-likeness (QED) is 0.716. The molecule has 0 fully saturated rings. The fourth-order valence-corrected chi connectivity index (χ4v) is 4.17. The van der Waals surface area contributed by atoms with Crippen LogP contribution in [-0.4, -0.2) is 31.7 Å². The lowest BCUT2D eigenvalue weighted by atomic mass is 9.94. The Morgan fingerprint density at radius 3 is 2.74 bits per heavy atom. The molecule has 0 saturated carbocycles. The molecule has 2 aromatic carbocycles. The van der Waals surface area contributed by atoms with Gasteiger partial charge in [0.15, 0.2) is 0 Å². The number of nitrogens with zero attached hydrogens (tertiary/aromatic N) is 1. The lowest BCUT2D eigenvalue weighted by Crippen LogP contribution is -2.49. The molecule has 8 heteroatoms. The van der Waals surface area contributed by atoms with Crippen LogP contribution in [-0.2, 0) is 16.0 Å². The van der Waals surface area contributed by atoms with Crippen molar-refractivity contribution in [3.05, 3.63) is 76.5 Å². The number of ether oxygens (including phenoxy) is 1. The molecule has 2 heterocycles. The Balaban J connectivity index is 1.77. The van der Waals surface area contributed by atoms with Gasteiger partial charge in [0.25, 0.3) is 0 Å². The van der Waals surface area contributed by atoms with E-state index in [1.807, 2.05) is 30.3 Å². The highest BCUT2D eigenvalue weighted by Crippen LogP contribution is 2.33. The molecule has 1 atom stereocenters. The molecule has 0 bridgehead atoms. The first-order chi connectivity index (χ1) is 15.0. The third kappa shape index (κ3) is 4.23. The van der Waals surface area contributed by atoms with Crippen molar-refractivity contribution in [2.24, 2.45) is 0 Å². The van der Waals surface area contributed by atoms with Gasteiger partial charge in [-0.15, -0.1) is 0 Å². The van der Waals surface area contributed by atoms with Crippen molar-refractivity contribution in [3.8, 4) is 0 Å². The highest BCUT2D eigenvalue weighted by molar-refractivity contribution is 5.95. The summed E-state index contributed by atoms with van der Waals surface area (Å²) in [5.74, 6) is -1.84. The van der Waals surface area contributed by atoms with Gasteiger partial charge in [0.2, 0.25) is 0 Å². The van der Waals surface area contributed by atoms with Gasteiger partial charge in [-0.3, -0.25) is 0 Å². The monoisotopic (exact) mass is 427 g/mol. The fourth-order valence-electron chi connectivity index (χ4n) is 4.17. The average molecular weight is 427 g/mol. The van der Waals surface area contributed by atoms with Gasteiger partial charge in [-0.2, -0.15) is 0 Å². The van der Waals surface area contributed by atoms with Crippen molar-refractivity contribution >= 4 is 17.7 Å². The van der Waals surface area contributed by atoms with E-state index in [9.17, 15) is 18.4 Å². The first-order valence-corrected chi connectivity index (χ1v) is 10.2. The first-order valence-electron chi connectivity index (χ1n) is 10.2. The Morgan fingerprint density at radius 2 is 2.00 bits per heavy atom. The van der Waals surface area contributed by atoms with Crippen LogP contribution in [0.15, 0.2) is 53.7 Å². The lowest BCUT2D eigenvalue weighted by Gasteiger charge is -2.35. The lowest BCUT2D eigenvalue weighted by molar-refractivity contribution is -0.139. The van der Waals surface area contributed by atoms with Gasteiger partial charge in [0.05, 0.1) is 36.2 Å². The highest BCUT2D eigenvalue weighted by Gasteiger charge is 2.35. The van der Waals surface area contributed by atoms with Crippen LogP contribution in [0.4, 0.5) is 19.3 Å². The molecular formula is C23H23F2N3O3. The molecule has 6 nitrogen and oxygen atoms in total. The molecule has 2 aromatic rings. The number of fused-ring (bicyclic) bond motifs is 1. The Labute approximate surface area is 178 Å². The van der Waals surface area contributed by atoms with Crippen molar-refractivity contribution in [2.75, 3.05) is 24.6 Å². The maximum atomic E-state index is 14.6. The van der Waals surface area contributed by atoms with Crippen molar-refractivity contribution in [3.63, 3.8) is 0 Å². The second-order valence-electron chi connectivity index (χ2n) is 7.48. The summed E-state index contributed by atoms with van der Waals surface area (Å²) < 4.78 is 33.6. The standard InChI is InChI=1S/C23H23F2N3O3/c1-2-31-22(29)19-18(26-23(30)27-20(19)14-7-4-3-5-8-14)13-28-10-6-9-15-11-16(24)12-17(25)21(15)28/h3-5,7-8,11-12,20H,2,6,9-10,13H2,1H3,(H2,26,27,30)/t20-/m1/s1. The van der Waals surface area contributed by atoms with Gasteiger partial charge in [-0.25, -0.2) is 18.4 Å². The van der Waals surface area contributed by atoms with Crippen LogP contribution in [0.25, 0.3) is 0 Å². The maximum Gasteiger partial charge on any atom is 0.338 e. The summed E-state index contributed by atoms with van der Waals surface area (Å²) in [6.07, 6.45) is 1.26. The molecule has 0 aromatic heterocycles. The Morgan fingerprint density at radius 1 is 1.23 bits per heavy atom. The number of urea groups is 1. The number of nitrogens with one attached hydrogen (secondary N) is 2. The minimum Gasteiger partial charge on any atom is -0.463 e. The van der Waals surface area contributed by atoms with E-state index in [0.29, 0.717) is 36.3 Å². The Kier molecular flexibility index (Phi) is 5.88. The molecule has 2 aliphatic rings. The molecule has 2 aliphatic heterocycles. The number of amides is 2. The third-order valence-electron chi connectivity index (χ3n) is 5.43. The van der Waals surface area contributed by atoms with Crippen LogP contribution in [0, 0.1) is 11.6 Å². The van der Waals surface area contributed by atoms with Gasteiger partial charge < -0.3 is 20.3 Å². The number of esters is 1.